The van der Waals surface area contributed by atoms with Crippen LogP contribution in [0.4, 0.5) is 0 Å². The van der Waals surface area contributed by atoms with Gasteiger partial charge >= 0.3 is 0 Å². The molecule has 18 heavy (non-hydrogen) atoms. The average molecular weight is 333 g/mol. The van der Waals surface area contributed by atoms with Crippen molar-refractivity contribution >= 4 is 33.4 Å². The number of aliphatic hydroxyl groups is 1. The first-order valence-corrected chi connectivity index (χ1v) is 7.02. The lowest BCUT2D eigenvalue weighted by atomic mass is 9.96. The van der Waals surface area contributed by atoms with Crippen LogP contribution in [0, 0.1) is 5.92 Å². The summed E-state index contributed by atoms with van der Waals surface area (Å²) in [5.74, 6) is 0.113. The van der Waals surface area contributed by atoms with E-state index in [4.69, 9.17) is 11.6 Å². The number of halogens is 2. The molecule has 0 aromatic heterocycles. The maximum atomic E-state index is 12.2. The van der Waals surface area contributed by atoms with Crippen LogP contribution in [-0.2, 0) is 0 Å². The Morgan fingerprint density at radius 2 is 2.28 bits per heavy atom. The van der Waals surface area contributed by atoms with Crippen LogP contribution in [0.3, 0.4) is 0 Å². The Hall–Kier alpha value is -0.580. The second kappa shape index (κ2) is 5.19. The van der Waals surface area contributed by atoms with Gasteiger partial charge in [-0.1, -0.05) is 27.5 Å². The third-order valence-corrected chi connectivity index (χ3v) is 4.20. The highest BCUT2D eigenvalue weighted by Crippen LogP contribution is 2.39. The first-order valence-electron chi connectivity index (χ1n) is 5.85. The Morgan fingerprint density at radius 3 is 2.83 bits per heavy atom. The Kier molecular flexibility index (Phi) is 3.99. The molecule has 1 aliphatic carbocycles. The van der Waals surface area contributed by atoms with Crippen LogP contribution in [-0.4, -0.2) is 23.2 Å². The summed E-state index contributed by atoms with van der Waals surface area (Å²) in [5.41, 5.74) is -0.130. The zero-order valence-electron chi connectivity index (χ0n) is 10.0. The molecule has 0 radical (unpaired) electrons. The van der Waals surface area contributed by atoms with E-state index in [1.54, 1.807) is 18.2 Å². The van der Waals surface area contributed by atoms with E-state index in [-0.39, 0.29) is 12.5 Å². The molecule has 1 aromatic rings. The van der Waals surface area contributed by atoms with Crippen LogP contribution in [0.15, 0.2) is 22.7 Å². The number of carbonyl (C=O) groups is 1. The van der Waals surface area contributed by atoms with Crippen LogP contribution >= 0.6 is 27.5 Å². The summed E-state index contributed by atoms with van der Waals surface area (Å²) < 4.78 is 0.800. The van der Waals surface area contributed by atoms with Crippen molar-refractivity contribution in [2.75, 3.05) is 6.61 Å². The summed E-state index contributed by atoms with van der Waals surface area (Å²) in [6, 6.07) is 5.14. The monoisotopic (exact) mass is 331 g/mol. The Labute approximate surface area is 120 Å². The summed E-state index contributed by atoms with van der Waals surface area (Å²) in [4.78, 5) is 12.2. The third kappa shape index (κ3) is 2.87. The van der Waals surface area contributed by atoms with E-state index in [2.05, 4.69) is 21.2 Å². The van der Waals surface area contributed by atoms with Gasteiger partial charge in [-0.3, -0.25) is 4.79 Å². The average Bonchev–Trinajstić information content (AvgIpc) is 3.16. The molecular weight excluding hydrogens is 318 g/mol. The van der Waals surface area contributed by atoms with Crippen molar-refractivity contribution in [3.8, 4) is 0 Å². The van der Waals surface area contributed by atoms with E-state index in [0.717, 1.165) is 17.3 Å². The number of benzene rings is 1. The topological polar surface area (TPSA) is 49.3 Å². The molecule has 0 bridgehead atoms. The van der Waals surface area contributed by atoms with Crippen LogP contribution in [0.5, 0.6) is 0 Å². The normalized spacial score (nSPS) is 18.2. The maximum absolute atomic E-state index is 12.2. The predicted octanol–water partition coefficient (Wildman–Crippen LogP) is 2.99. The van der Waals surface area contributed by atoms with E-state index in [9.17, 15) is 9.90 Å². The number of hydrogen-bond donors (Lipinski definition) is 2. The molecule has 1 aromatic carbocycles. The van der Waals surface area contributed by atoms with Crippen molar-refractivity contribution in [2.45, 2.75) is 25.3 Å². The smallest absolute Gasteiger partial charge is 0.253 e. The maximum Gasteiger partial charge on any atom is 0.253 e. The van der Waals surface area contributed by atoms with Crippen molar-refractivity contribution < 1.29 is 9.90 Å². The van der Waals surface area contributed by atoms with Crippen molar-refractivity contribution in [3.63, 3.8) is 0 Å². The van der Waals surface area contributed by atoms with Gasteiger partial charge in [-0.05, 0) is 43.9 Å². The second-order valence-corrected chi connectivity index (χ2v) is 6.25. The van der Waals surface area contributed by atoms with E-state index in [1.165, 1.54) is 0 Å². The first-order chi connectivity index (χ1) is 8.46. The SMILES string of the molecule is CC(CO)(NC(=O)c1cc(Br)ccc1Cl)C1CC1. The fourth-order valence-corrected chi connectivity index (χ4v) is 2.55. The molecule has 5 heteroatoms. The fraction of sp³-hybridized carbons (Fsp3) is 0.462. The van der Waals surface area contributed by atoms with Gasteiger partial charge in [-0.2, -0.15) is 0 Å². The first kappa shape index (κ1) is 13.8. The quantitative estimate of drug-likeness (QED) is 0.890. The Bertz CT molecular complexity index is 476. The van der Waals surface area contributed by atoms with Crippen molar-refractivity contribution in [1.82, 2.24) is 5.32 Å². The van der Waals surface area contributed by atoms with Gasteiger partial charge in [0.2, 0.25) is 0 Å². The minimum Gasteiger partial charge on any atom is -0.394 e. The lowest BCUT2D eigenvalue weighted by Crippen LogP contribution is -2.50. The summed E-state index contributed by atoms with van der Waals surface area (Å²) in [6.07, 6.45) is 2.09. The van der Waals surface area contributed by atoms with Gasteiger partial charge in [-0.25, -0.2) is 0 Å². The molecule has 0 saturated heterocycles. The number of hydrogen-bond acceptors (Lipinski definition) is 2. The lowest BCUT2D eigenvalue weighted by Gasteiger charge is -2.29. The highest BCUT2D eigenvalue weighted by Gasteiger charge is 2.42. The molecule has 1 aliphatic rings. The van der Waals surface area contributed by atoms with E-state index >= 15 is 0 Å². The largest absolute Gasteiger partial charge is 0.394 e. The van der Waals surface area contributed by atoms with Crippen LogP contribution in [0.2, 0.25) is 5.02 Å². The highest BCUT2D eigenvalue weighted by molar-refractivity contribution is 9.10. The minimum atomic E-state index is -0.553. The van der Waals surface area contributed by atoms with Crippen molar-refractivity contribution in [2.24, 2.45) is 5.92 Å². The number of rotatable bonds is 4. The van der Waals surface area contributed by atoms with Gasteiger partial charge in [-0.15, -0.1) is 0 Å². The summed E-state index contributed by atoms with van der Waals surface area (Å²) >= 11 is 9.33. The number of nitrogens with one attached hydrogen (secondary N) is 1. The summed E-state index contributed by atoms with van der Waals surface area (Å²) in [7, 11) is 0. The Balaban J connectivity index is 2.18. The third-order valence-electron chi connectivity index (χ3n) is 3.38. The molecule has 2 rings (SSSR count). The zero-order chi connectivity index (χ0) is 13.3. The van der Waals surface area contributed by atoms with Gasteiger partial charge in [0.25, 0.3) is 5.91 Å². The number of aliphatic hydroxyl groups excluding tert-OH is 1. The van der Waals surface area contributed by atoms with Gasteiger partial charge < -0.3 is 10.4 Å². The molecule has 1 amide bonds. The number of carbonyl (C=O) groups excluding carboxylic acids is 1. The number of amides is 1. The minimum absolute atomic E-state index is 0.0605. The van der Waals surface area contributed by atoms with E-state index in [0.29, 0.717) is 16.5 Å². The molecule has 2 N–H and O–H groups in total. The predicted molar refractivity (Wildman–Crippen MR) is 74.8 cm³/mol. The molecule has 98 valence electrons. The van der Waals surface area contributed by atoms with Crippen LogP contribution in [0.1, 0.15) is 30.1 Å². The molecule has 0 spiro atoms. The summed E-state index contributed by atoms with van der Waals surface area (Å²) in [6.45, 7) is 1.81. The molecule has 0 aliphatic heterocycles. The van der Waals surface area contributed by atoms with Crippen LogP contribution in [0.25, 0.3) is 0 Å². The van der Waals surface area contributed by atoms with Crippen molar-refractivity contribution in [3.05, 3.63) is 33.3 Å². The molecular formula is C13H15BrClNO2. The van der Waals surface area contributed by atoms with E-state index < -0.39 is 5.54 Å². The molecule has 1 unspecified atom stereocenters. The second-order valence-electron chi connectivity index (χ2n) is 4.93. The zero-order valence-corrected chi connectivity index (χ0v) is 12.4. The van der Waals surface area contributed by atoms with Crippen molar-refractivity contribution in [1.29, 1.82) is 0 Å². The molecule has 1 saturated carbocycles. The molecule has 3 nitrogen and oxygen atoms in total. The molecule has 1 fully saturated rings. The lowest BCUT2D eigenvalue weighted by molar-refractivity contribution is 0.0824. The van der Waals surface area contributed by atoms with Gasteiger partial charge in [0.1, 0.15) is 0 Å². The standard InChI is InChI=1S/C13H15BrClNO2/c1-13(7-17,8-2-3-8)16-12(18)10-6-9(14)4-5-11(10)15/h4-6,8,17H,2-3,7H2,1H3,(H,16,18). The molecule has 1 atom stereocenters. The fourth-order valence-electron chi connectivity index (χ4n) is 1.99. The Morgan fingerprint density at radius 1 is 1.61 bits per heavy atom. The molecule has 0 heterocycles. The van der Waals surface area contributed by atoms with Gasteiger partial charge in [0, 0.05) is 4.47 Å². The van der Waals surface area contributed by atoms with Gasteiger partial charge in [0.05, 0.1) is 22.7 Å². The van der Waals surface area contributed by atoms with Crippen LogP contribution < -0.4 is 5.32 Å². The summed E-state index contributed by atoms with van der Waals surface area (Å²) in [5, 5.41) is 12.8. The highest BCUT2D eigenvalue weighted by atomic mass is 79.9. The van der Waals surface area contributed by atoms with E-state index in [1.807, 2.05) is 6.92 Å². The van der Waals surface area contributed by atoms with Gasteiger partial charge in [0.15, 0.2) is 0 Å².